The molecule has 0 N–H and O–H groups in total. The number of thiazole rings is 1. The molecule has 0 aromatic carbocycles. The Morgan fingerprint density at radius 2 is 2.33 bits per heavy atom. The van der Waals surface area contributed by atoms with Gasteiger partial charge in [-0.2, -0.15) is 4.98 Å². The third kappa shape index (κ3) is 2.87. The van der Waals surface area contributed by atoms with Crippen molar-refractivity contribution in [2.45, 2.75) is 50.5 Å². The number of aryl methyl sites for hydroxylation is 2. The third-order valence-corrected chi connectivity index (χ3v) is 5.32. The van der Waals surface area contributed by atoms with Crippen LogP contribution in [0, 0.1) is 0 Å². The molecule has 0 bridgehead atoms. The summed E-state index contributed by atoms with van der Waals surface area (Å²) in [5.74, 6) is 2.13. The molecule has 2 aliphatic heterocycles. The van der Waals surface area contributed by atoms with E-state index in [1.165, 1.54) is 32.2 Å². The normalized spacial score (nSPS) is 26.1. The number of hydrogen-bond acceptors (Lipinski definition) is 6. The van der Waals surface area contributed by atoms with Gasteiger partial charge in [-0.05, 0) is 32.2 Å². The van der Waals surface area contributed by atoms with E-state index in [4.69, 9.17) is 4.52 Å². The first-order valence-corrected chi connectivity index (χ1v) is 8.76. The van der Waals surface area contributed by atoms with E-state index in [0.29, 0.717) is 5.92 Å². The Morgan fingerprint density at radius 3 is 3.19 bits per heavy atom. The summed E-state index contributed by atoms with van der Waals surface area (Å²) in [6.07, 6.45) is 6.92. The van der Waals surface area contributed by atoms with Gasteiger partial charge in [0.05, 0.1) is 11.2 Å². The molecule has 2 saturated heterocycles. The standard InChI is InChI=1S/C15H20N4OS/c1-2-6-19-8-11(7-13(19)3-1)15-17-14(20-18-15)5-4-12-9-21-10-16-12/h9-11,13H,1-8H2/t11-,13+/m1/s1. The first-order chi connectivity index (χ1) is 10.4. The molecule has 0 amide bonds. The maximum absolute atomic E-state index is 5.42. The zero-order valence-electron chi connectivity index (χ0n) is 12.1. The van der Waals surface area contributed by atoms with Crippen LogP contribution in [0.2, 0.25) is 0 Å². The zero-order valence-corrected chi connectivity index (χ0v) is 12.9. The molecular weight excluding hydrogens is 284 g/mol. The third-order valence-electron chi connectivity index (χ3n) is 4.69. The minimum absolute atomic E-state index is 0.463. The predicted octanol–water partition coefficient (Wildman–Crippen LogP) is 2.65. The number of hydrogen-bond donors (Lipinski definition) is 0. The van der Waals surface area contributed by atoms with Crippen molar-refractivity contribution in [1.29, 1.82) is 0 Å². The largest absolute Gasteiger partial charge is 0.339 e. The van der Waals surface area contributed by atoms with Crippen molar-refractivity contribution in [2.75, 3.05) is 13.1 Å². The monoisotopic (exact) mass is 304 g/mol. The molecular formula is C15H20N4OS. The fraction of sp³-hybridized carbons (Fsp3) is 0.667. The van der Waals surface area contributed by atoms with Crippen molar-refractivity contribution in [3.63, 3.8) is 0 Å². The maximum atomic E-state index is 5.42. The minimum atomic E-state index is 0.463. The van der Waals surface area contributed by atoms with E-state index in [0.717, 1.165) is 42.8 Å². The molecule has 21 heavy (non-hydrogen) atoms. The van der Waals surface area contributed by atoms with E-state index < -0.39 is 0 Å². The van der Waals surface area contributed by atoms with Gasteiger partial charge in [-0.25, -0.2) is 4.98 Å². The highest BCUT2D eigenvalue weighted by Crippen LogP contribution is 2.35. The van der Waals surface area contributed by atoms with E-state index in [-0.39, 0.29) is 0 Å². The summed E-state index contributed by atoms with van der Waals surface area (Å²) in [7, 11) is 0. The summed E-state index contributed by atoms with van der Waals surface area (Å²) in [6, 6.07) is 0.751. The highest BCUT2D eigenvalue weighted by molar-refractivity contribution is 7.07. The average Bonchev–Trinajstić information content (AvgIpc) is 3.24. The van der Waals surface area contributed by atoms with Gasteiger partial charge in [-0.15, -0.1) is 11.3 Å². The molecule has 0 aliphatic carbocycles. The Labute approximate surface area is 128 Å². The van der Waals surface area contributed by atoms with Gasteiger partial charge < -0.3 is 4.52 Å². The van der Waals surface area contributed by atoms with Gasteiger partial charge in [0.25, 0.3) is 0 Å². The van der Waals surface area contributed by atoms with E-state index in [1.54, 1.807) is 11.3 Å². The van der Waals surface area contributed by atoms with Crippen LogP contribution < -0.4 is 0 Å². The molecule has 2 aromatic heterocycles. The SMILES string of the molecule is c1nc(CCc2nc([C@@H]3C[C@@H]4CCCCN4C3)no2)cs1. The van der Waals surface area contributed by atoms with Crippen molar-refractivity contribution >= 4 is 11.3 Å². The molecule has 0 saturated carbocycles. The minimum Gasteiger partial charge on any atom is -0.339 e. The van der Waals surface area contributed by atoms with E-state index in [2.05, 4.69) is 25.4 Å². The second-order valence-electron chi connectivity index (χ2n) is 6.10. The molecule has 0 radical (unpaired) electrons. The van der Waals surface area contributed by atoms with Crippen LogP contribution in [0.4, 0.5) is 0 Å². The highest BCUT2D eigenvalue weighted by Gasteiger charge is 2.36. The molecule has 2 aliphatic rings. The predicted molar refractivity (Wildman–Crippen MR) is 80.4 cm³/mol. The lowest BCUT2D eigenvalue weighted by Crippen LogP contribution is -2.33. The zero-order chi connectivity index (χ0) is 14.1. The molecule has 2 fully saturated rings. The van der Waals surface area contributed by atoms with Gasteiger partial charge in [0.2, 0.25) is 5.89 Å². The molecule has 2 atom stereocenters. The van der Waals surface area contributed by atoms with Crippen molar-refractivity contribution < 1.29 is 4.52 Å². The summed E-state index contributed by atoms with van der Waals surface area (Å²) in [4.78, 5) is 11.5. The molecule has 4 rings (SSSR count). The number of rotatable bonds is 4. The Hall–Kier alpha value is -1.27. The van der Waals surface area contributed by atoms with Gasteiger partial charge >= 0.3 is 0 Å². The van der Waals surface area contributed by atoms with Crippen molar-refractivity contribution in [3.8, 4) is 0 Å². The van der Waals surface area contributed by atoms with Crippen LogP contribution in [0.25, 0.3) is 0 Å². The Kier molecular flexibility index (Phi) is 3.73. The van der Waals surface area contributed by atoms with Crippen molar-refractivity contribution in [1.82, 2.24) is 20.0 Å². The number of aromatic nitrogens is 3. The van der Waals surface area contributed by atoms with Gasteiger partial charge in [0.15, 0.2) is 5.82 Å². The summed E-state index contributed by atoms with van der Waals surface area (Å²) < 4.78 is 5.42. The van der Waals surface area contributed by atoms with Gasteiger partial charge in [0, 0.05) is 30.3 Å². The van der Waals surface area contributed by atoms with Gasteiger partial charge in [-0.1, -0.05) is 11.6 Å². The van der Waals surface area contributed by atoms with Gasteiger partial charge in [0.1, 0.15) is 0 Å². The fourth-order valence-corrected chi connectivity index (χ4v) is 4.16. The quantitative estimate of drug-likeness (QED) is 0.869. The topological polar surface area (TPSA) is 55.1 Å². The van der Waals surface area contributed by atoms with Crippen LogP contribution in [0.5, 0.6) is 0 Å². The summed E-state index contributed by atoms with van der Waals surface area (Å²) in [6.45, 7) is 2.35. The molecule has 4 heterocycles. The van der Waals surface area contributed by atoms with Crippen molar-refractivity contribution in [2.24, 2.45) is 0 Å². The number of fused-ring (bicyclic) bond motifs is 1. The lowest BCUT2D eigenvalue weighted by molar-refractivity contribution is 0.197. The summed E-state index contributed by atoms with van der Waals surface area (Å²) in [5, 5.41) is 6.30. The van der Waals surface area contributed by atoms with Gasteiger partial charge in [-0.3, -0.25) is 4.90 Å². The average molecular weight is 304 g/mol. The lowest BCUT2D eigenvalue weighted by Gasteiger charge is -2.28. The number of piperidine rings is 1. The molecule has 5 nitrogen and oxygen atoms in total. The maximum Gasteiger partial charge on any atom is 0.227 e. The first kappa shape index (κ1) is 13.4. The molecule has 0 unspecified atom stereocenters. The molecule has 2 aromatic rings. The van der Waals surface area contributed by atoms with Crippen molar-refractivity contribution in [3.05, 3.63) is 28.3 Å². The summed E-state index contributed by atoms with van der Waals surface area (Å²) >= 11 is 1.63. The Balaban J connectivity index is 1.38. The Bertz CT molecular complexity index is 568. The smallest absolute Gasteiger partial charge is 0.227 e. The molecule has 112 valence electrons. The second kappa shape index (κ2) is 5.85. The molecule has 0 spiro atoms. The van der Waals surface area contributed by atoms with Crippen LogP contribution in [-0.4, -0.2) is 39.2 Å². The number of nitrogens with zero attached hydrogens (tertiary/aromatic N) is 4. The summed E-state index contributed by atoms with van der Waals surface area (Å²) in [5.41, 5.74) is 2.97. The van der Waals surface area contributed by atoms with Crippen LogP contribution in [0.15, 0.2) is 15.4 Å². The lowest BCUT2D eigenvalue weighted by atomic mass is 9.99. The van der Waals surface area contributed by atoms with E-state index in [9.17, 15) is 0 Å². The highest BCUT2D eigenvalue weighted by atomic mass is 32.1. The second-order valence-corrected chi connectivity index (χ2v) is 6.82. The first-order valence-electron chi connectivity index (χ1n) is 7.82. The fourth-order valence-electron chi connectivity index (χ4n) is 3.57. The van der Waals surface area contributed by atoms with E-state index >= 15 is 0 Å². The molecule has 6 heteroatoms. The van der Waals surface area contributed by atoms with Crippen LogP contribution in [0.3, 0.4) is 0 Å². The van der Waals surface area contributed by atoms with E-state index in [1.807, 2.05) is 5.51 Å². The van der Waals surface area contributed by atoms with Crippen LogP contribution in [-0.2, 0) is 12.8 Å². The van der Waals surface area contributed by atoms with Crippen LogP contribution in [0.1, 0.15) is 49.0 Å². The van der Waals surface area contributed by atoms with Crippen LogP contribution >= 0.6 is 11.3 Å². The Morgan fingerprint density at radius 1 is 1.33 bits per heavy atom.